The molecule has 7 nitrogen and oxygen atoms in total. The Morgan fingerprint density at radius 2 is 2.04 bits per heavy atom. The molecule has 3 aromatic rings. The Morgan fingerprint density at radius 3 is 2.83 bits per heavy atom. The summed E-state index contributed by atoms with van der Waals surface area (Å²) in [6.07, 6.45) is 3.02. The van der Waals surface area contributed by atoms with Crippen molar-refractivity contribution in [1.29, 1.82) is 0 Å². The van der Waals surface area contributed by atoms with Crippen molar-refractivity contribution in [2.24, 2.45) is 0 Å². The molecule has 0 unspecified atom stereocenters. The van der Waals surface area contributed by atoms with Crippen LogP contribution in [0.15, 0.2) is 43.0 Å². The van der Waals surface area contributed by atoms with Gasteiger partial charge >= 0.3 is 0 Å². The lowest BCUT2D eigenvalue weighted by atomic mass is 10.0. The van der Waals surface area contributed by atoms with Crippen molar-refractivity contribution in [2.45, 2.75) is 12.8 Å². The van der Waals surface area contributed by atoms with E-state index in [1.165, 1.54) is 11.9 Å². The number of imidazole rings is 1. The number of fused-ring (bicyclic) bond motifs is 1. The molecular formula is C17H20N6O. The summed E-state index contributed by atoms with van der Waals surface area (Å²) in [6.45, 7) is 2.91. The maximum atomic E-state index is 12.2. The monoisotopic (exact) mass is 324 g/mol. The molecule has 0 fully saturated rings. The van der Waals surface area contributed by atoms with Crippen LogP contribution in [-0.2, 0) is 4.79 Å². The molecule has 0 aliphatic rings. The van der Waals surface area contributed by atoms with Crippen molar-refractivity contribution in [3.05, 3.63) is 48.5 Å². The summed E-state index contributed by atoms with van der Waals surface area (Å²) >= 11 is 0. The first-order valence-corrected chi connectivity index (χ1v) is 7.82. The van der Waals surface area contributed by atoms with Crippen molar-refractivity contribution >= 4 is 22.9 Å². The lowest BCUT2D eigenvalue weighted by Crippen LogP contribution is -2.37. The second-order valence-corrected chi connectivity index (χ2v) is 5.77. The van der Waals surface area contributed by atoms with Gasteiger partial charge in [-0.2, -0.15) is 0 Å². The molecule has 0 aliphatic heterocycles. The Labute approximate surface area is 140 Å². The van der Waals surface area contributed by atoms with Gasteiger partial charge in [-0.05, 0) is 11.5 Å². The van der Waals surface area contributed by atoms with E-state index in [0.717, 1.165) is 5.52 Å². The van der Waals surface area contributed by atoms with E-state index in [2.05, 4.69) is 44.3 Å². The smallest absolute Gasteiger partial charge is 0.239 e. The number of aromatic amines is 1. The Kier molecular flexibility index (Phi) is 4.69. The summed E-state index contributed by atoms with van der Waals surface area (Å²) in [7, 11) is 1.82. The zero-order chi connectivity index (χ0) is 16.9. The number of nitrogens with one attached hydrogen (secondary N) is 2. The predicted octanol–water partition coefficient (Wildman–Crippen LogP) is 1.71. The Bertz CT molecular complexity index is 816. The molecule has 0 radical (unpaired) electrons. The molecule has 0 aliphatic carbocycles. The van der Waals surface area contributed by atoms with Gasteiger partial charge in [0.1, 0.15) is 11.8 Å². The van der Waals surface area contributed by atoms with Crippen LogP contribution in [0.25, 0.3) is 11.2 Å². The number of likely N-dealkylation sites (N-methyl/N-ethyl adjacent to an activating group) is 1. The van der Waals surface area contributed by atoms with E-state index in [1.54, 1.807) is 11.2 Å². The summed E-state index contributed by atoms with van der Waals surface area (Å²) < 4.78 is 0. The molecule has 0 saturated carbocycles. The minimum atomic E-state index is -0.0495. The number of nitrogens with zero attached hydrogens (tertiary/aromatic N) is 4. The SMILES string of the molecule is C[C@H](CNC(=O)CN(C)c1ncnc2nc[nH]c12)c1ccccc1. The molecule has 124 valence electrons. The van der Waals surface area contributed by atoms with Gasteiger partial charge in [-0.3, -0.25) is 4.79 Å². The molecule has 1 atom stereocenters. The van der Waals surface area contributed by atoms with E-state index in [-0.39, 0.29) is 18.4 Å². The number of carbonyl (C=O) groups is 1. The number of H-pyrrole nitrogens is 1. The van der Waals surface area contributed by atoms with Crippen molar-refractivity contribution < 1.29 is 4.79 Å². The quantitative estimate of drug-likeness (QED) is 0.721. The molecule has 2 N–H and O–H groups in total. The van der Waals surface area contributed by atoms with Crippen LogP contribution in [0.3, 0.4) is 0 Å². The average molecular weight is 324 g/mol. The van der Waals surface area contributed by atoms with Crippen LogP contribution in [0.4, 0.5) is 5.82 Å². The van der Waals surface area contributed by atoms with Gasteiger partial charge in [0.25, 0.3) is 0 Å². The number of aromatic nitrogens is 4. The molecular weight excluding hydrogens is 304 g/mol. The first-order valence-electron chi connectivity index (χ1n) is 7.82. The molecule has 7 heteroatoms. The Hall–Kier alpha value is -2.96. The minimum Gasteiger partial charge on any atom is -0.354 e. The largest absolute Gasteiger partial charge is 0.354 e. The molecule has 0 spiro atoms. The number of hydrogen-bond acceptors (Lipinski definition) is 5. The standard InChI is InChI=1S/C17H20N6O/c1-12(13-6-4-3-5-7-13)8-18-14(24)9-23(2)17-15-16(20-10-19-15)21-11-22-17/h3-7,10-12H,8-9H2,1-2H3,(H,18,24)(H,19,20,21,22)/t12-/m1/s1. The molecule has 24 heavy (non-hydrogen) atoms. The van der Waals surface area contributed by atoms with Gasteiger partial charge in [0.15, 0.2) is 11.5 Å². The summed E-state index contributed by atoms with van der Waals surface area (Å²) in [4.78, 5) is 29.4. The van der Waals surface area contributed by atoms with Gasteiger partial charge in [0, 0.05) is 13.6 Å². The number of hydrogen-bond donors (Lipinski definition) is 2. The van der Waals surface area contributed by atoms with Crippen LogP contribution in [0.1, 0.15) is 18.4 Å². The first-order chi connectivity index (χ1) is 11.6. The minimum absolute atomic E-state index is 0.0495. The Morgan fingerprint density at radius 1 is 1.25 bits per heavy atom. The second kappa shape index (κ2) is 7.08. The highest BCUT2D eigenvalue weighted by molar-refractivity contribution is 5.86. The number of benzene rings is 1. The highest BCUT2D eigenvalue weighted by Crippen LogP contribution is 2.18. The van der Waals surface area contributed by atoms with Crippen LogP contribution < -0.4 is 10.2 Å². The zero-order valence-electron chi connectivity index (χ0n) is 13.7. The van der Waals surface area contributed by atoms with Gasteiger partial charge < -0.3 is 15.2 Å². The van der Waals surface area contributed by atoms with E-state index in [1.807, 2.05) is 25.2 Å². The molecule has 2 aromatic heterocycles. The van der Waals surface area contributed by atoms with Crippen molar-refractivity contribution in [2.75, 3.05) is 25.0 Å². The van der Waals surface area contributed by atoms with Crippen molar-refractivity contribution in [3.63, 3.8) is 0 Å². The van der Waals surface area contributed by atoms with Gasteiger partial charge in [-0.1, -0.05) is 37.3 Å². The lowest BCUT2D eigenvalue weighted by molar-refractivity contribution is -0.119. The summed E-state index contributed by atoms with van der Waals surface area (Å²) in [6, 6.07) is 10.1. The van der Waals surface area contributed by atoms with Crippen molar-refractivity contribution in [1.82, 2.24) is 25.3 Å². The molecule has 0 saturated heterocycles. The maximum Gasteiger partial charge on any atom is 0.239 e. The molecule has 1 amide bonds. The molecule has 1 aromatic carbocycles. The summed E-state index contributed by atoms with van der Waals surface area (Å²) in [5.74, 6) is 0.870. The lowest BCUT2D eigenvalue weighted by Gasteiger charge is -2.19. The fraction of sp³-hybridized carbons (Fsp3) is 0.294. The molecule has 2 heterocycles. The van der Waals surface area contributed by atoms with Crippen LogP contribution in [0.5, 0.6) is 0 Å². The summed E-state index contributed by atoms with van der Waals surface area (Å²) in [5.41, 5.74) is 2.52. The predicted molar refractivity (Wildman–Crippen MR) is 92.8 cm³/mol. The topological polar surface area (TPSA) is 86.8 Å². The number of amides is 1. The van der Waals surface area contributed by atoms with E-state index in [0.29, 0.717) is 18.0 Å². The third-order valence-corrected chi connectivity index (χ3v) is 3.92. The van der Waals surface area contributed by atoms with Crippen LogP contribution in [-0.4, -0.2) is 46.0 Å². The van der Waals surface area contributed by atoms with Gasteiger partial charge in [0.2, 0.25) is 5.91 Å². The second-order valence-electron chi connectivity index (χ2n) is 5.77. The van der Waals surface area contributed by atoms with Gasteiger partial charge in [-0.15, -0.1) is 0 Å². The molecule has 3 rings (SSSR count). The average Bonchev–Trinajstić information content (AvgIpc) is 3.09. The maximum absolute atomic E-state index is 12.2. The van der Waals surface area contributed by atoms with E-state index >= 15 is 0 Å². The third-order valence-electron chi connectivity index (χ3n) is 3.92. The number of rotatable bonds is 6. The van der Waals surface area contributed by atoms with E-state index in [4.69, 9.17) is 0 Å². The van der Waals surface area contributed by atoms with Crippen LogP contribution in [0.2, 0.25) is 0 Å². The van der Waals surface area contributed by atoms with Gasteiger partial charge in [0.05, 0.1) is 12.9 Å². The Balaban J connectivity index is 1.58. The molecule has 0 bridgehead atoms. The fourth-order valence-electron chi connectivity index (χ4n) is 2.55. The zero-order valence-corrected chi connectivity index (χ0v) is 13.7. The number of carbonyl (C=O) groups excluding carboxylic acids is 1. The first kappa shape index (κ1) is 15.9. The third kappa shape index (κ3) is 3.51. The van der Waals surface area contributed by atoms with Crippen molar-refractivity contribution in [3.8, 4) is 0 Å². The highest BCUT2D eigenvalue weighted by atomic mass is 16.2. The highest BCUT2D eigenvalue weighted by Gasteiger charge is 2.14. The van der Waals surface area contributed by atoms with Gasteiger partial charge in [-0.25, -0.2) is 15.0 Å². The van der Waals surface area contributed by atoms with Crippen LogP contribution in [0, 0.1) is 0 Å². The fourth-order valence-corrected chi connectivity index (χ4v) is 2.55. The van der Waals surface area contributed by atoms with Crippen LogP contribution >= 0.6 is 0 Å². The van der Waals surface area contributed by atoms with E-state index < -0.39 is 0 Å². The summed E-state index contributed by atoms with van der Waals surface area (Å²) in [5, 5.41) is 2.97. The normalized spacial score (nSPS) is 12.1. The van der Waals surface area contributed by atoms with E-state index in [9.17, 15) is 4.79 Å². The number of anilines is 1.